The molecular weight excluding hydrogens is 941 g/mol. The minimum Gasteiger partial charge on any atom is -0.309 e. The maximum atomic E-state index is 2.64. The number of para-hydroxylation sites is 2. The largest absolute Gasteiger partial charge is 0.309 e. The number of aromatic nitrogens is 1. The quantitative estimate of drug-likeness (QED) is 0.151. The Kier molecular flexibility index (Phi) is 12.3. The molecule has 2 heteroatoms. The molecule has 0 unspecified atom stereocenters. The molecule has 0 fully saturated rings. The molecule has 11 rings (SSSR count). The Morgan fingerprint density at radius 2 is 0.692 bits per heavy atom. The van der Waals surface area contributed by atoms with E-state index in [-0.39, 0.29) is 32.5 Å². The summed E-state index contributed by atoms with van der Waals surface area (Å²) in [7, 11) is 0. The van der Waals surface area contributed by atoms with Gasteiger partial charge in [0.2, 0.25) is 0 Å². The first-order valence-electron chi connectivity index (χ1n) is 28.6. The van der Waals surface area contributed by atoms with Crippen LogP contribution in [0.3, 0.4) is 0 Å². The van der Waals surface area contributed by atoms with Crippen LogP contribution < -0.4 is 4.90 Å². The second-order valence-corrected chi connectivity index (χ2v) is 28.9. The summed E-state index contributed by atoms with van der Waals surface area (Å²) in [4.78, 5) is 2.64. The molecule has 0 aliphatic rings. The lowest BCUT2D eigenvalue weighted by Gasteiger charge is -2.33. The summed E-state index contributed by atoms with van der Waals surface area (Å²) in [6.07, 6.45) is 0. The van der Waals surface area contributed by atoms with Crippen molar-refractivity contribution in [3.8, 4) is 27.9 Å². The highest BCUT2D eigenvalue weighted by atomic mass is 15.1. The van der Waals surface area contributed by atoms with E-state index in [4.69, 9.17) is 0 Å². The van der Waals surface area contributed by atoms with Gasteiger partial charge in [-0.15, -0.1) is 0 Å². The highest BCUT2D eigenvalue weighted by Crippen LogP contribution is 2.51. The lowest BCUT2D eigenvalue weighted by Crippen LogP contribution is -2.18. The van der Waals surface area contributed by atoms with Gasteiger partial charge in [0, 0.05) is 32.8 Å². The molecule has 0 radical (unpaired) electrons. The third kappa shape index (κ3) is 9.37. The average Bonchev–Trinajstić information content (AvgIpc) is 3.86. The summed E-state index contributed by atoms with van der Waals surface area (Å²) in [5.41, 5.74) is 19.6. The van der Waals surface area contributed by atoms with Crippen LogP contribution >= 0.6 is 0 Å². The summed E-state index contributed by atoms with van der Waals surface area (Å²) in [6, 6.07) is 66.4. The molecule has 0 amide bonds. The number of hydrogen-bond donors (Lipinski definition) is 0. The highest BCUT2D eigenvalue weighted by Gasteiger charge is 2.30. The predicted octanol–water partition coefficient (Wildman–Crippen LogP) is 22.3. The van der Waals surface area contributed by atoms with Crippen LogP contribution in [0.25, 0.3) is 82.1 Å². The number of hydrogen-bond acceptors (Lipinski definition) is 1. The van der Waals surface area contributed by atoms with Crippen LogP contribution in [0.2, 0.25) is 0 Å². The van der Waals surface area contributed by atoms with Crippen LogP contribution in [0.4, 0.5) is 17.1 Å². The van der Waals surface area contributed by atoms with Crippen LogP contribution in [0.15, 0.2) is 170 Å². The standard InChI is InChI=1S/C76H82N2/c1-71(2,3)52-31-36-68(63(46-52)51-40-55(74(10,11)12)44-56(41-51)75(13,14)15)77(58-42-50(39-57(45-58)76(16,17)18)49-37-53(72(4,5)6)43-54(38-49)73(7,8)9)66-34-29-47-28-33-62-67(35-30-48-27-32-61(66)69(47)70(48)62)78-64-25-21-19-23-59(64)60-24-20-22-26-65(60)78/h19-46H,1-18H3. The molecule has 0 atom stereocenters. The highest BCUT2D eigenvalue weighted by molar-refractivity contribution is 6.27. The van der Waals surface area contributed by atoms with Crippen LogP contribution in [0.1, 0.15) is 158 Å². The summed E-state index contributed by atoms with van der Waals surface area (Å²) in [5.74, 6) is 0. The van der Waals surface area contributed by atoms with Gasteiger partial charge in [0.15, 0.2) is 0 Å². The number of anilines is 3. The maximum absolute atomic E-state index is 2.64. The molecule has 1 heterocycles. The van der Waals surface area contributed by atoms with Gasteiger partial charge in [-0.3, -0.25) is 0 Å². The van der Waals surface area contributed by atoms with E-state index in [9.17, 15) is 0 Å². The van der Waals surface area contributed by atoms with Crippen molar-refractivity contribution in [1.82, 2.24) is 4.57 Å². The van der Waals surface area contributed by atoms with Crippen molar-refractivity contribution in [3.05, 3.63) is 203 Å². The van der Waals surface area contributed by atoms with E-state index >= 15 is 0 Å². The number of rotatable bonds is 6. The normalized spacial score (nSPS) is 13.3. The van der Waals surface area contributed by atoms with Crippen LogP contribution in [0, 0.1) is 0 Å². The molecule has 0 N–H and O–H groups in total. The fraction of sp³-hybridized carbons (Fsp3) is 0.316. The van der Waals surface area contributed by atoms with E-state index in [2.05, 4.69) is 304 Å². The molecule has 0 spiro atoms. The monoisotopic (exact) mass is 1020 g/mol. The van der Waals surface area contributed by atoms with Gasteiger partial charge < -0.3 is 9.47 Å². The Morgan fingerprint density at radius 3 is 1.19 bits per heavy atom. The molecule has 78 heavy (non-hydrogen) atoms. The second kappa shape index (κ2) is 18.2. The Bertz CT molecular complexity index is 4010. The Hall–Kier alpha value is -7.16. The van der Waals surface area contributed by atoms with Crippen LogP contribution in [0.5, 0.6) is 0 Å². The molecule has 10 aromatic carbocycles. The fourth-order valence-electron chi connectivity index (χ4n) is 11.8. The average molecular weight is 1020 g/mol. The van der Waals surface area contributed by atoms with E-state index in [1.165, 1.54) is 115 Å². The molecule has 11 aromatic rings. The number of benzene rings is 10. The van der Waals surface area contributed by atoms with Crippen molar-refractivity contribution in [2.24, 2.45) is 0 Å². The minimum absolute atomic E-state index is 0.0349. The maximum Gasteiger partial charge on any atom is 0.0541 e. The zero-order valence-electron chi connectivity index (χ0n) is 50.1. The van der Waals surface area contributed by atoms with Gasteiger partial charge in [0.1, 0.15) is 0 Å². The Balaban J connectivity index is 1.27. The first kappa shape index (κ1) is 52.9. The van der Waals surface area contributed by atoms with E-state index in [1.54, 1.807) is 0 Å². The summed E-state index contributed by atoms with van der Waals surface area (Å²) < 4.78 is 2.49. The SMILES string of the molecule is CC(C)(C)c1cc(-c2cc(C(C)(C)C)cc(C(C)(C)C)c2)cc(N(c2ccc(C(C)(C)C)cc2-c2cc(C(C)(C)C)cc(C(C)(C)C)c2)c2ccc3ccc4c(-n5c6ccccc6c6ccccc65)ccc5ccc2c3c54)c1. The Morgan fingerprint density at radius 1 is 0.295 bits per heavy atom. The van der Waals surface area contributed by atoms with Crippen molar-refractivity contribution in [2.75, 3.05) is 4.90 Å². The van der Waals surface area contributed by atoms with E-state index in [0.717, 1.165) is 17.1 Å². The zero-order valence-corrected chi connectivity index (χ0v) is 50.1. The lowest BCUT2D eigenvalue weighted by molar-refractivity contribution is 0.568. The predicted molar refractivity (Wildman–Crippen MR) is 342 cm³/mol. The van der Waals surface area contributed by atoms with E-state index < -0.39 is 0 Å². The summed E-state index contributed by atoms with van der Waals surface area (Å²) >= 11 is 0. The van der Waals surface area contributed by atoms with Gasteiger partial charge in [0.25, 0.3) is 0 Å². The molecule has 0 saturated carbocycles. The summed E-state index contributed by atoms with van der Waals surface area (Å²) in [6.45, 7) is 42.4. The number of fused-ring (bicyclic) bond motifs is 3. The van der Waals surface area contributed by atoms with Gasteiger partial charge in [0.05, 0.1) is 28.1 Å². The third-order valence-electron chi connectivity index (χ3n) is 16.8. The van der Waals surface area contributed by atoms with Gasteiger partial charge in [-0.25, -0.2) is 0 Å². The van der Waals surface area contributed by atoms with E-state index in [0.29, 0.717) is 0 Å². The smallest absolute Gasteiger partial charge is 0.0541 e. The molecule has 396 valence electrons. The van der Waals surface area contributed by atoms with Gasteiger partial charge >= 0.3 is 0 Å². The van der Waals surface area contributed by atoms with Gasteiger partial charge in [-0.2, -0.15) is 0 Å². The minimum atomic E-state index is -0.154. The van der Waals surface area contributed by atoms with E-state index in [1.807, 2.05) is 0 Å². The van der Waals surface area contributed by atoms with Crippen molar-refractivity contribution >= 4 is 71.2 Å². The molecule has 1 aromatic heterocycles. The molecule has 0 saturated heterocycles. The van der Waals surface area contributed by atoms with Crippen molar-refractivity contribution in [3.63, 3.8) is 0 Å². The van der Waals surface area contributed by atoms with Gasteiger partial charge in [-0.1, -0.05) is 246 Å². The Labute approximate surface area is 466 Å². The van der Waals surface area contributed by atoms with Gasteiger partial charge in [-0.05, 0) is 153 Å². The zero-order chi connectivity index (χ0) is 55.8. The first-order valence-corrected chi connectivity index (χ1v) is 28.6. The lowest BCUT2D eigenvalue weighted by atomic mass is 9.78. The fourth-order valence-corrected chi connectivity index (χ4v) is 11.8. The third-order valence-corrected chi connectivity index (χ3v) is 16.8. The van der Waals surface area contributed by atoms with Crippen molar-refractivity contribution in [1.29, 1.82) is 0 Å². The molecule has 0 aliphatic carbocycles. The molecular formula is C76H82N2. The first-order chi connectivity index (χ1) is 36.4. The van der Waals surface area contributed by atoms with Crippen LogP contribution in [-0.2, 0) is 32.5 Å². The van der Waals surface area contributed by atoms with Crippen LogP contribution in [-0.4, -0.2) is 4.57 Å². The van der Waals surface area contributed by atoms with Crippen molar-refractivity contribution in [2.45, 2.75) is 157 Å². The topological polar surface area (TPSA) is 8.17 Å². The van der Waals surface area contributed by atoms with Crippen molar-refractivity contribution < 1.29 is 0 Å². The molecule has 2 nitrogen and oxygen atoms in total. The molecule has 0 bridgehead atoms. The molecule has 0 aliphatic heterocycles. The second-order valence-electron chi connectivity index (χ2n) is 28.9. The number of nitrogens with zero attached hydrogens (tertiary/aromatic N) is 2. The summed E-state index contributed by atoms with van der Waals surface area (Å²) in [5, 5.41) is 10.1.